The normalized spacial score (nSPS) is 13.8. The molecule has 0 radical (unpaired) electrons. The lowest BCUT2D eigenvalue weighted by Crippen LogP contribution is -2.49. The maximum absolute atomic E-state index is 12.9. The molecule has 1 amide bonds. The van der Waals surface area contributed by atoms with Crippen molar-refractivity contribution in [1.82, 2.24) is 25.3 Å². The van der Waals surface area contributed by atoms with Crippen LogP contribution in [0.4, 0.5) is 0 Å². The van der Waals surface area contributed by atoms with Crippen LogP contribution in [0, 0.1) is 0 Å². The topological polar surface area (TPSA) is 74.5 Å². The molecule has 138 valence electrons. The lowest BCUT2D eigenvalue weighted by molar-refractivity contribution is 0.0486. The number of rotatable bonds is 4. The number of nitrogens with zero attached hydrogens (tertiary/aromatic N) is 4. The van der Waals surface area contributed by atoms with Crippen molar-refractivity contribution >= 4 is 34.6 Å². The fraction of sp³-hybridized carbons (Fsp3) is 0.222. The molecule has 4 rings (SSSR count). The fourth-order valence-corrected chi connectivity index (χ4v) is 3.87. The number of carbonyl (C=O) groups is 1. The van der Waals surface area contributed by atoms with Gasteiger partial charge >= 0.3 is 0 Å². The second-order valence-electron chi connectivity index (χ2n) is 5.92. The molecule has 1 N–H and O–H groups in total. The van der Waals surface area contributed by atoms with Crippen LogP contribution in [0.3, 0.4) is 0 Å². The van der Waals surface area contributed by atoms with Crippen LogP contribution in [0.2, 0.25) is 0 Å². The van der Waals surface area contributed by atoms with Gasteiger partial charge in [-0.05, 0) is 42.9 Å². The third-order valence-electron chi connectivity index (χ3n) is 4.13. The third kappa shape index (κ3) is 3.83. The van der Waals surface area contributed by atoms with Gasteiger partial charge in [0.05, 0.1) is 12.8 Å². The number of furan rings is 1. The van der Waals surface area contributed by atoms with Crippen LogP contribution in [0.5, 0.6) is 0 Å². The summed E-state index contributed by atoms with van der Waals surface area (Å²) in [6.45, 7) is 1.78. The van der Waals surface area contributed by atoms with Gasteiger partial charge in [-0.25, -0.2) is 9.99 Å². The average molecular weight is 400 g/mol. The molecule has 4 heterocycles. The maximum atomic E-state index is 12.9. The first-order chi connectivity index (χ1) is 13.2. The fourth-order valence-electron chi connectivity index (χ4n) is 2.83. The van der Waals surface area contributed by atoms with Crippen molar-refractivity contribution in [3.05, 3.63) is 59.8 Å². The van der Waals surface area contributed by atoms with Crippen LogP contribution in [0.15, 0.2) is 52.7 Å². The highest BCUT2D eigenvalue weighted by molar-refractivity contribution is 7.80. The van der Waals surface area contributed by atoms with Gasteiger partial charge in [0.2, 0.25) is 0 Å². The molecule has 3 aromatic heterocycles. The van der Waals surface area contributed by atoms with E-state index in [1.54, 1.807) is 34.1 Å². The summed E-state index contributed by atoms with van der Waals surface area (Å²) >= 11 is 6.90. The number of aromatic nitrogens is 2. The molecule has 1 aliphatic rings. The summed E-state index contributed by atoms with van der Waals surface area (Å²) in [7, 11) is 0. The Balaban J connectivity index is 1.44. The van der Waals surface area contributed by atoms with Crippen molar-refractivity contribution in [2.24, 2.45) is 0 Å². The van der Waals surface area contributed by atoms with Crippen LogP contribution >= 0.6 is 23.6 Å². The molecule has 1 saturated heterocycles. The first-order valence-electron chi connectivity index (χ1n) is 8.48. The molecule has 0 atom stereocenters. The van der Waals surface area contributed by atoms with Gasteiger partial charge in [0.1, 0.15) is 16.5 Å². The quantitative estimate of drug-likeness (QED) is 0.676. The number of hydrazine groups is 1. The standard InChI is InChI=1S/C18H17N5O2S2/c24-17(15-12-27-16(21-15)13-4-1-6-19-10-13)22-7-3-8-23(22)18(26)20-11-14-5-2-9-25-14/h1-2,4-6,9-10,12H,3,7-8,11H2,(H,20,26). The number of hydrogen-bond acceptors (Lipinski definition) is 6. The summed E-state index contributed by atoms with van der Waals surface area (Å²) in [5.74, 6) is 0.635. The van der Waals surface area contributed by atoms with Gasteiger partial charge in [-0.15, -0.1) is 11.3 Å². The monoisotopic (exact) mass is 399 g/mol. The molecule has 9 heteroatoms. The number of carbonyl (C=O) groups excluding carboxylic acids is 1. The van der Waals surface area contributed by atoms with Crippen molar-refractivity contribution in [1.29, 1.82) is 0 Å². The molecule has 0 aromatic carbocycles. The zero-order valence-corrected chi connectivity index (χ0v) is 16.0. The Labute approximate surface area is 165 Å². The molecular weight excluding hydrogens is 382 g/mol. The highest BCUT2D eigenvalue weighted by Gasteiger charge is 2.30. The summed E-state index contributed by atoms with van der Waals surface area (Å²) < 4.78 is 5.30. The Kier molecular flexibility index (Phi) is 5.12. The number of amides is 1. The molecular formula is C18H17N5O2S2. The van der Waals surface area contributed by atoms with E-state index >= 15 is 0 Å². The Hall–Kier alpha value is -2.78. The molecule has 3 aromatic rings. The largest absolute Gasteiger partial charge is 0.467 e. The summed E-state index contributed by atoms with van der Waals surface area (Å²) in [6, 6.07) is 7.48. The van der Waals surface area contributed by atoms with E-state index in [2.05, 4.69) is 15.3 Å². The van der Waals surface area contributed by atoms with E-state index in [9.17, 15) is 4.79 Å². The first-order valence-corrected chi connectivity index (χ1v) is 9.76. The number of thiocarbonyl (C=S) groups is 1. The minimum atomic E-state index is -0.152. The Morgan fingerprint density at radius 2 is 2.19 bits per heavy atom. The van der Waals surface area contributed by atoms with Crippen molar-refractivity contribution in [3.63, 3.8) is 0 Å². The molecule has 7 nitrogen and oxygen atoms in total. The second kappa shape index (κ2) is 7.85. The highest BCUT2D eigenvalue weighted by Crippen LogP contribution is 2.24. The van der Waals surface area contributed by atoms with Gasteiger partial charge in [0, 0.05) is 36.4 Å². The van der Waals surface area contributed by atoms with Crippen LogP contribution in [-0.4, -0.2) is 44.1 Å². The summed E-state index contributed by atoms with van der Waals surface area (Å²) in [5, 5.41) is 9.64. The minimum Gasteiger partial charge on any atom is -0.467 e. The van der Waals surface area contributed by atoms with Crippen LogP contribution in [0.1, 0.15) is 22.7 Å². The van der Waals surface area contributed by atoms with E-state index in [1.165, 1.54) is 11.3 Å². The van der Waals surface area contributed by atoms with Gasteiger partial charge in [0.15, 0.2) is 5.11 Å². The predicted molar refractivity (Wildman–Crippen MR) is 106 cm³/mol. The van der Waals surface area contributed by atoms with E-state index in [0.29, 0.717) is 30.4 Å². The lowest BCUT2D eigenvalue weighted by atomic mass is 10.3. The van der Waals surface area contributed by atoms with Crippen LogP contribution < -0.4 is 5.32 Å². The van der Waals surface area contributed by atoms with Crippen molar-refractivity contribution < 1.29 is 9.21 Å². The average Bonchev–Trinajstić information content (AvgIpc) is 3.47. The van der Waals surface area contributed by atoms with Crippen LogP contribution in [-0.2, 0) is 6.54 Å². The number of thiazole rings is 1. The van der Waals surface area contributed by atoms with Gasteiger partial charge in [0.25, 0.3) is 5.91 Å². The zero-order chi connectivity index (χ0) is 18.6. The van der Waals surface area contributed by atoms with E-state index < -0.39 is 0 Å². The second-order valence-corrected chi connectivity index (χ2v) is 7.17. The maximum Gasteiger partial charge on any atom is 0.291 e. The smallest absolute Gasteiger partial charge is 0.291 e. The van der Waals surface area contributed by atoms with Gasteiger partial charge in [-0.1, -0.05) is 0 Å². The molecule has 0 bridgehead atoms. The summed E-state index contributed by atoms with van der Waals surface area (Å²) in [6.07, 6.45) is 5.92. The number of hydrogen-bond donors (Lipinski definition) is 1. The van der Waals surface area contributed by atoms with E-state index in [1.807, 2.05) is 24.3 Å². The Bertz CT molecular complexity index is 926. The van der Waals surface area contributed by atoms with E-state index in [0.717, 1.165) is 22.8 Å². The van der Waals surface area contributed by atoms with Gasteiger partial charge < -0.3 is 9.73 Å². The molecule has 0 spiro atoms. The van der Waals surface area contributed by atoms with Gasteiger partial charge in [-0.2, -0.15) is 0 Å². The van der Waals surface area contributed by atoms with Crippen molar-refractivity contribution in [2.45, 2.75) is 13.0 Å². The third-order valence-corrected chi connectivity index (χ3v) is 5.37. The number of pyridine rings is 1. The summed E-state index contributed by atoms with van der Waals surface area (Å²) in [5.41, 5.74) is 1.31. The molecule has 1 fully saturated rings. The van der Waals surface area contributed by atoms with E-state index in [-0.39, 0.29) is 5.91 Å². The molecule has 0 saturated carbocycles. The number of nitrogens with one attached hydrogen (secondary N) is 1. The zero-order valence-electron chi connectivity index (χ0n) is 14.4. The van der Waals surface area contributed by atoms with Crippen molar-refractivity contribution in [2.75, 3.05) is 13.1 Å². The molecule has 1 aliphatic heterocycles. The summed E-state index contributed by atoms with van der Waals surface area (Å²) in [4.78, 5) is 21.5. The van der Waals surface area contributed by atoms with Crippen LogP contribution in [0.25, 0.3) is 10.6 Å². The molecule has 27 heavy (non-hydrogen) atoms. The van der Waals surface area contributed by atoms with Gasteiger partial charge in [-0.3, -0.25) is 14.8 Å². The van der Waals surface area contributed by atoms with E-state index in [4.69, 9.17) is 16.6 Å². The molecule has 0 aliphatic carbocycles. The first kappa shape index (κ1) is 17.6. The Morgan fingerprint density at radius 3 is 2.96 bits per heavy atom. The molecule has 0 unspecified atom stereocenters. The van der Waals surface area contributed by atoms with Crippen molar-refractivity contribution in [3.8, 4) is 10.6 Å². The highest BCUT2D eigenvalue weighted by atomic mass is 32.1. The lowest BCUT2D eigenvalue weighted by Gasteiger charge is -2.29. The SMILES string of the molecule is O=C(c1csc(-c2cccnc2)n1)N1CCCN1C(=S)NCc1ccco1. The predicted octanol–water partition coefficient (Wildman–Crippen LogP) is 2.94. The minimum absolute atomic E-state index is 0.152. The Morgan fingerprint density at radius 1 is 1.30 bits per heavy atom.